The van der Waals surface area contributed by atoms with Crippen molar-refractivity contribution in [1.29, 1.82) is 0 Å². The topological polar surface area (TPSA) is 61.8 Å². The lowest BCUT2D eigenvalue weighted by Crippen LogP contribution is -2.11. The van der Waals surface area contributed by atoms with Gasteiger partial charge in [0, 0.05) is 17.6 Å². The number of hydrogen-bond donors (Lipinski definition) is 0. The molecular formula is C17H14O5. The first-order valence-corrected chi connectivity index (χ1v) is 7.17. The second kappa shape index (κ2) is 4.73. The Labute approximate surface area is 127 Å². The van der Waals surface area contributed by atoms with Crippen LogP contribution in [0.1, 0.15) is 24.2 Å². The summed E-state index contributed by atoms with van der Waals surface area (Å²) in [4.78, 5) is 23.3. The maximum absolute atomic E-state index is 12.0. The lowest BCUT2D eigenvalue weighted by molar-refractivity contribution is -0.152. The molecule has 0 radical (unpaired) electrons. The molecule has 112 valence electrons. The quantitative estimate of drug-likeness (QED) is 0.476. The number of cyclic esters (lactones) is 1. The lowest BCUT2D eigenvalue weighted by atomic mass is 9.98. The molecule has 1 saturated heterocycles. The predicted molar refractivity (Wildman–Crippen MR) is 75.3 cm³/mol. The molecule has 1 aromatic carbocycles. The van der Waals surface area contributed by atoms with Gasteiger partial charge in [0.15, 0.2) is 0 Å². The second-order valence-electron chi connectivity index (χ2n) is 5.67. The van der Waals surface area contributed by atoms with E-state index in [9.17, 15) is 9.59 Å². The molecule has 3 aliphatic rings. The van der Waals surface area contributed by atoms with E-state index in [1.807, 2.05) is 24.3 Å². The number of carbonyl (C=O) groups is 2. The summed E-state index contributed by atoms with van der Waals surface area (Å²) < 4.78 is 15.9. The SMILES string of the molecule is CC1=C[C@@H](O/C=C2/C(=O)O[C@H]3c4ccccc4C[C@@H]23)OC1=O. The number of carbonyl (C=O) groups excluding carboxylic acids is 2. The minimum absolute atomic E-state index is 0.0351. The van der Waals surface area contributed by atoms with Crippen molar-refractivity contribution >= 4 is 11.9 Å². The monoisotopic (exact) mass is 298 g/mol. The first-order chi connectivity index (χ1) is 10.6. The molecule has 22 heavy (non-hydrogen) atoms. The van der Waals surface area contributed by atoms with Crippen LogP contribution in [-0.2, 0) is 30.2 Å². The summed E-state index contributed by atoms with van der Waals surface area (Å²) in [7, 11) is 0. The van der Waals surface area contributed by atoms with Crippen molar-refractivity contribution in [2.24, 2.45) is 5.92 Å². The number of esters is 2. The summed E-state index contributed by atoms with van der Waals surface area (Å²) in [5.74, 6) is -0.801. The van der Waals surface area contributed by atoms with E-state index in [1.165, 1.54) is 11.8 Å². The Morgan fingerprint density at radius 3 is 2.77 bits per heavy atom. The van der Waals surface area contributed by atoms with Crippen LogP contribution in [0.3, 0.4) is 0 Å². The Bertz CT molecular complexity index is 730. The minimum Gasteiger partial charge on any atom is -0.458 e. The third-order valence-electron chi connectivity index (χ3n) is 4.30. The molecule has 0 amide bonds. The Morgan fingerprint density at radius 1 is 1.18 bits per heavy atom. The number of benzene rings is 1. The van der Waals surface area contributed by atoms with Crippen molar-refractivity contribution in [3.8, 4) is 0 Å². The molecule has 2 heterocycles. The zero-order chi connectivity index (χ0) is 15.3. The van der Waals surface area contributed by atoms with Crippen molar-refractivity contribution in [3.05, 3.63) is 58.9 Å². The molecule has 0 unspecified atom stereocenters. The summed E-state index contributed by atoms with van der Waals surface area (Å²) in [6, 6.07) is 7.96. The van der Waals surface area contributed by atoms with E-state index in [-0.39, 0.29) is 18.0 Å². The number of fused-ring (bicyclic) bond motifs is 3. The zero-order valence-electron chi connectivity index (χ0n) is 11.9. The van der Waals surface area contributed by atoms with E-state index in [0.717, 1.165) is 12.0 Å². The Kier molecular flexibility index (Phi) is 2.82. The molecular weight excluding hydrogens is 284 g/mol. The number of ether oxygens (including phenoxy) is 3. The average Bonchev–Trinajstić information content (AvgIpc) is 3.10. The minimum atomic E-state index is -0.768. The van der Waals surface area contributed by atoms with Gasteiger partial charge in [-0.25, -0.2) is 9.59 Å². The van der Waals surface area contributed by atoms with Gasteiger partial charge in [0.2, 0.25) is 0 Å². The van der Waals surface area contributed by atoms with E-state index in [2.05, 4.69) is 0 Å². The average molecular weight is 298 g/mol. The van der Waals surface area contributed by atoms with Crippen LogP contribution in [0.15, 0.2) is 47.7 Å². The van der Waals surface area contributed by atoms with Gasteiger partial charge in [-0.3, -0.25) is 0 Å². The molecule has 1 aromatic rings. The molecule has 3 atom stereocenters. The third-order valence-corrected chi connectivity index (χ3v) is 4.30. The molecule has 0 N–H and O–H groups in total. The fourth-order valence-electron chi connectivity index (χ4n) is 3.16. The fraction of sp³-hybridized carbons (Fsp3) is 0.294. The predicted octanol–water partition coefficient (Wildman–Crippen LogP) is 2.19. The highest BCUT2D eigenvalue weighted by Gasteiger charge is 2.46. The van der Waals surface area contributed by atoms with Gasteiger partial charge in [-0.1, -0.05) is 24.3 Å². The summed E-state index contributed by atoms with van der Waals surface area (Å²) in [6.07, 6.45) is 2.71. The number of hydrogen-bond acceptors (Lipinski definition) is 5. The molecule has 5 nitrogen and oxygen atoms in total. The highest BCUT2D eigenvalue weighted by Crippen LogP contribution is 2.47. The second-order valence-corrected chi connectivity index (χ2v) is 5.67. The van der Waals surface area contributed by atoms with Gasteiger partial charge in [-0.15, -0.1) is 0 Å². The Hall–Kier alpha value is -2.56. The van der Waals surface area contributed by atoms with Gasteiger partial charge in [0.05, 0.1) is 11.8 Å². The van der Waals surface area contributed by atoms with E-state index in [1.54, 1.807) is 13.0 Å². The molecule has 0 spiro atoms. The van der Waals surface area contributed by atoms with Gasteiger partial charge < -0.3 is 14.2 Å². The standard InChI is InChI=1S/C17H14O5/c1-9-6-14(21-16(9)18)20-8-13-12-7-10-4-2-3-5-11(10)15(12)22-17(13)19/h2-6,8,12,14-15H,7H2,1H3/b13-8+/t12-,14-,15-/m0/s1. The van der Waals surface area contributed by atoms with Crippen LogP contribution in [-0.4, -0.2) is 18.2 Å². The smallest absolute Gasteiger partial charge is 0.338 e. The zero-order valence-corrected chi connectivity index (χ0v) is 11.9. The number of rotatable bonds is 2. The summed E-state index contributed by atoms with van der Waals surface area (Å²) in [5, 5.41) is 0. The lowest BCUT2D eigenvalue weighted by Gasteiger charge is -2.09. The molecule has 1 aliphatic carbocycles. The third kappa shape index (κ3) is 1.93. The largest absolute Gasteiger partial charge is 0.458 e. The molecule has 5 heteroatoms. The van der Waals surface area contributed by atoms with Crippen molar-refractivity contribution < 1.29 is 23.8 Å². The maximum atomic E-state index is 12.0. The summed E-state index contributed by atoms with van der Waals surface area (Å²) >= 11 is 0. The van der Waals surface area contributed by atoms with Crippen LogP contribution in [0.2, 0.25) is 0 Å². The molecule has 0 bridgehead atoms. The first-order valence-electron chi connectivity index (χ1n) is 7.17. The molecule has 2 aliphatic heterocycles. The van der Waals surface area contributed by atoms with E-state index >= 15 is 0 Å². The van der Waals surface area contributed by atoms with Gasteiger partial charge in [-0.2, -0.15) is 0 Å². The van der Waals surface area contributed by atoms with Crippen LogP contribution in [0.4, 0.5) is 0 Å². The Morgan fingerprint density at radius 2 is 2.00 bits per heavy atom. The van der Waals surface area contributed by atoms with Gasteiger partial charge in [-0.05, 0) is 24.5 Å². The summed E-state index contributed by atoms with van der Waals surface area (Å²) in [6.45, 7) is 1.66. The molecule has 4 rings (SSSR count). The van der Waals surface area contributed by atoms with Gasteiger partial charge in [0.25, 0.3) is 6.29 Å². The van der Waals surface area contributed by atoms with Crippen molar-refractivity contribution in [1.82, 2.24) is 0 Å². The van der Waals surface area contributed by atoms with Crippen LogP contribution < -0.4 is 0 Å². The molecule has 0 aromatic heterocycles. The maximum Gasteiger partial charge on any atom is 0.338 e. The Balaban J connectivity index is 1.55. The van der Waals surface area contributed by atoms with Crippen molar-refractivity contribution in [3.63, 3.8) is 0 Å². The van der Waals surface area contributed by atoms with Crippen LogP contribution in [0, 0.1) is 5.92 Å². The van der Waals surface area contributed by atoms with E-state index in [4.69, 9.17) is 14.2 Å². The first kappa shape index (κ1) is 13.1. The van der Waals surface area contributed by atoms with Gasteiger partial charge in [0.1, 0.15) is 6.10 Å². The molecule has 1 fully saturated rings. The van der Waals surface area contributed by atoms with Crippen molar-refractivity contribution in [2.45, 2.75) is 25.7 Å². The highest BCUT2D eigenvalue weighted by atomic mass is 16.7. The van der Waals surface area contributed by atoms with Gasteiger partial charge >= 0.3 is 11.9 Å². The normalized spacial score (nSPS) is 30.7. The van der Waals surface area contributed by atoms with Crippen LogP contribution >= 0.6 is 0 Å². The van der Waals surface area contributed by atoms with E-state index < -0.39 is 12.3 Å². The van der Waals surface area contributed by atoms with Crippen LogP contribution in [0.25, 0.3) is 0 Å². The van der Waals surface area contributed by atoms with E-state index in [0.29, 0.717) is 11.1 Å². The summed E-state index contributed by atoms with van der Waals surface area (Å²) in [5.41, 5.74) is 3.25. The highest BCUT2D eigenvalue weighted by molar-refractivity contribution is 5.92. The van der Waals surface area contributed by atoms with Crippen molar-refractivity contribution in [2.75, 3.05) is 0 Å². The molecule has 0 saturated carbocycles. The van der Waals surface area contributed by atoms with Crippen LogP contribution in [0.5, 0.6) is 0 Å². The fourth-order valence-corrected chi connectivity index (χ4v) is 3.16.